The maximum Gasteiger partial charge on any atom is 0.394 e. The molecule has 0 spiro atoms. The first-order valence-electron chi connectivity index (χ1n) is 6.22. The van der Waals surface area contributed by atoms with Gasteiger partial charge < -0.3 is 10.0 Å². The number of amides is 1. The van der Waals surface area contributed by atoms with Gasteiger partial charge in [0, 0.05) is 6.04 Å². The van der Waals surface area contributed by atoms with Gasteiger partial charge in [0.2, 0.25) is 0 Å². The Morgan fingerprint density at radius 1 is 1.22 bits per heavy atom. The van der Waals surface area contributed by atoms with E-state index in [1.807, 2.05) is 37.3 Å². The molecule has 1 aromatic carbocycles. The van der Waals surface area contributed by atoms with Crippen LogP contribution in [0.1, 0.15) is 37.8 Å². The van der Waals surface area contributed by atoms with Crippen molar-refractivity contribution in [2.45, 2.75) is 38.3 Å². The lowest BCUT2D eigenvalue weighted by Crippen LogP contribution is -2.47. The molecule has 1 aromatic rings. The molecular formula is C14H17NO3. The number of carboxylic acids is 1. The van der Waals surface area contributed by atoms with E-state index in [1.165, 1.54) is 4.90 Å². The van der Waals surface area contributed by atoms with Crippen molar-refractivity contribution in [2.75, 3.05) is 0 Å². The number of hydrogen-bond acceptors (Lipinski definition) is 2. The third-order valence-corrected chi connectivity index (χ3v) is 3.51. The van der Waals surface area contributed by atoms with Crippen LogP contribution in [0.15, 0.2) is 30.3 Å². The summed E-state index contributed by atoms with van der Waals surface area (Å²) in [5.41, 5.74) is 1.01. The van der Waals surface area contributed by atoms with Crippen LogP contribution in [0.3, 0.4) is 0 Å². The average molecular weight is 247 g/mol. The largest absolute Gasteiger partial charge is 0.474 e. The molecule has 0 aliphatic carbocycles. The summed E-state index contributed by atoms with van der Waals surface area (Å²) in [6.45, 7) is 1.91. The van der Waals surface area contributed by atoms with Crippen LogP contribution in [0, 0.1) is 0 Å². The van der Waals surface area contributed by atoms with Gasteiger partial charge in [0.25, 0.3) is 0 Å². The van der Waals surface area contributed by atoms with E-state index in [2.05, 4.69) is 0 Å². The van der Waals surface area contributed by atoms with E-state index in [0.29, 0.717) is 0 Å². The second-order valence-electron chi connectivity index (χ2n) is 4.72. The van der Waals surface area contributed by atoms with Crippen molar-refractivity contribution in [1.29, 1.82) is 0 Å². The lowest BCUT2D eigenvalue weighted by Gasteiger charge is -2.40. The molecular weight excluding hydrogens is 230 g/mol. The lowest BCUT2D eigenvalue weighted by atomic mass is 9.91. The molecule has 2 atom stereocenters. The third kappa shape index (κ3) is 2.37. The van der Waals surface area contributed by atoms with Crippen LogP contribution in [-0.4, -0.2) is 27.9 Å². The molecule has 2 rings (SSSR count). The molecule has 1 heterocycles. The second kappa shape index (κ2) is 5.21. The zero-order valence-electron chi connectivity index (χ0n) is 10.4. The molecule has 0 unspecified atom stereocenters. The van der Waals surface area contributed by atoms with Crippen LogP contribution in [0.2, 0.25) is 0 Å². The predicted octanol–water partition coefficient (Wildman–Crippen LogP) is 2.21. The van der Waals surface area contributed by atoms with E-state index in [0.717, 1.165) is 24.8 Å². The van der Waals surface area contributed by atoms with Gasteiger partial charge in [-0.05, 0) is 31.7 Å². The number of aliphatic carboxylic acids is 1. The molecule has 0 aromatic heterocycles. The number of benzene rings is 1. The number of hydrogen-bond donors (Lipinski definition) is 1. The van der Waals surface area contributed by atoms with Crippen molar-refractivity contribution in [3.63, 3.8) is 0 Å². The van der Waals surface area contributed by atoms with Gasteiger partial charge in [-0.2, -0.15) is 0 Å². The SMILES string of the molecule is C[C@@H]1CCC[C@H](c2ccccc2)N1C(=O)C(=O)O. The van der Waals surface area contributed by atoms with Crippen LogP contribution in [0.5, 0.6) is 0 Å². The van der Waals surface area contributed by atoms with Crippen LogP contribution < -0.4 is 0 Å². The summed E-state index contributed by atoms with van der Waals surface area (Å²) in [5, 5.41) is 8.93. The van der Waals surface area contributed by atoms with Crippen molar-refractivity contribution >= 4 is 11.9 Å². The molecule has 0 saturated carbocycles. The van der Waals surface area contributed by atoms with E-state index in [9.17, 15) is 9.59 Å². The smallest absolute Gasteiger partial charge is 0.394 e. The Bertz CT molecular complexity index is 444. The van der Waals surface area contributed by atoms with Gasteiger partial charge in [-0.3, -0.25) is 4.79 Å². The van der Waals surface area contributed by atoms with E-state index in [4.69, 9.17) is 5.11 Å². The predicted molar refractivity (Wildman–Crippen MR) is 67.0 cm³/mol. The van der Waals surface area contributed by atoms with Gasteiger partial charge in [-0.15, -0.1) is 0 Å². The maximum absolute atomic E-state index is 11.8. The van der Waals surface area contributed by atoms with E-state index in [-0.39, 0.29) is 12.1 Å². The number of carbonyl (C=O) groups excluding carboxylic acids is 1. The van der Waals surface area contributed by atoms with E-state index >= 15 is 0 Å². The minimum absolute atomic E-state index is 0.0208. The fourth-order valence-electron chi connectivity index (χ4n) is 2.65. The maximum atomic E-state index is 11.8. The highest BCUT2D eigenvalue weighted by molar-refractivity contribution is 6.31. The van der Waals surface area contributed by atoms with Gasteiger partial charge in [-0.1, -0.05) is 30.3 Å². The topological polar surface area (TPSA) is 57.6 Å². The molecule has 1 saturated heterocycles. The highest BCUT2D eigenvalue weighted by atomic mass is 16.4. The molecule has 18 heavy (non-hydrogen) atoms. The monoisotopic (exact) mass is 247 g/mol. The molecule has 1 aliphatic rings. The number of nitrogens with zero attached hydrogens (tertiary/aromatic N) is 1. The summed E-state index contributed by atoms with van der Waals surface area (Å²) in [5.74, 6) is -2.17. The highest BCUT2D eigenvalue weighted by Gasteiger charge is 2.35. The van der Waals surface area contributed by atoms with Crippen molar-refractivity contribution in [3.8, 4) is 0 Å². The average Bonchev–Trinajstić information content (AvgIpc) is 2.38. The molecule has 1 amide bonds. The molecule has 0 bridgehead atoms. The Morgan fingerprint density at radius 2 is 1.89 bits per heavy atom. The summed E-state index contributed by atoms with van der Waals surface area (Å²) in [7, 11) is 0. The van der Waals surface area contributed by atoms with Gasteiger partial charge in [-0.25, -0.2) is 4.79 Å². The third-order valence-electron chi connectivity index (χ3n) is 3.51. The van der Waals surface area contributed by atoms with Crippen molar-refractivity contribution in [2.24, 2.45) is 0 Å². The molecule has 1 N–H and O–H groups in total. The Labute approximate surface area is 106 Å². The Morgan fingerprint density at radius 3 is 2.50 bits per heavy atom. The van der Waals surface area contributed by atoms with Gasteiger partial charge in [0.15, 0.2) is 0 Å². The fraction of sp³-hybridized carbons (Fsp3) is 0.429. The number of likely N-dealkylation sites (tertiary alicyclic amines) is 1. The summed E-state index contributed by atoms with van der Waals surface area (Å²) in [6, 6.07) is 9.51. The van der Waals surface area contributed by atoms with Gasteiger partial charge >= 0.3 is 11.9 Å². The summed E-state index contributed by atoms with van der Waals surface area (Å²) in [4.78, 5) is 24.3. The van der Waals surface area contributed by atoms with Crippen molar-refractivity contribution in [1.82, 2.24) is 4.90 Å². The minimum Gasteiger partial charge on any atom is -0.474 e. The zero-order chi connectivity index (χ0) is 13.1. The van der Waals surface area contributed by atoms with E-state index in [1.54, 1.807) is 0 Å². The van der Waals surface area contributed by atoms with Gasteiger partial charge in [0.05, 0.1) is 6.04 Å². The lowest BCUT2D eigenvalue weighted by molar-refractivity contribution is -0.159. The van der Waals surface area contributed by atoms with Gasteiger partial charge in [0.1, 0.15) is 0 Å². The standard InChI is InChI=1S/C14H17NO3/c1-10-6-5-9-12(11-7-3-2-4-8-11)15(10)13(16)14(17)18/h2-4,7-8,10,12H,5-6,9H2,1H3,(H,17,18)/t10-,12-/m1/s1. The zero-order valence-corrected chi connectivity index (χ0v) is 10.4. The van der Waals surface area contributed by atoms with Crippen molar-refractivity contribution in [3.05, 3.63) is 35.9 Å². The molecule has 4 heteroatoms. The molecule has 4 nitrogen and oxygen atoms in total. The van der Waals surface area contributed by atoms with Crippen LogP contribution in [0.25, 0.3) is 0 Å². The van der Waals surface area contributed by atoms with Crippen LogP contribution in [-0.2, 0) is 9.59 Å². The summed E-state index contributed by atoms with van der Waals surface area (Å²) in [6.07, 6.45) is 2.71. The Hall–Kier alpha value is -1.84. The second-order valence-corrected chi connectivity index (χ2v) is 4.72. The Balaban J connectivity index is 2.31. The molecule has 96 valence electrons. The minimum atomic E-state index is -1.37. The Kier molecular flexibility index (Phi) is 3.65. The first-order chi connectivity index (χ1) is 8.61. The first kappa shape index (κ1) is 12.6. The van der Waals surface area contributed by atoms with E-state index < -0.39 is 11.9 Å². The quantitative estimate of drug-likeness (QED) is 0.774. The van der Waals surface area contributed by atoms with Crippen LogP contribution in [0.4, 0.5) is 0 Å². The van der Waals surface area contributed by atoms with Crippen LogP contribution >= 0.6 is 0 Å². The van der Waals surface area contributed by atoms with Crippen molar-refractivity contribution < 1.29 is 14.7 Å². The normalized spacial score (nSPS) is 23.7. The molecule has 1 aliphatic heterocycles. The number of carboxylic acid groups (broad SMARTS) is 1. The number of piperidine rings is 1. The number of rotatable bonds is 1. The summed E-state index contributed by atoms with van der Waals surface area (Å²) < 4.78 is 0. The first-order valence-corrected chi connectivity index (χ1v) is 6.22. The summed E-state index contributed by atoms with van der Waals surface area (Å²) >= 11 is 0. The molecule has 0 radical (unpaired) electrons. The number of carbonyl (C=O) groups is 2. The molecule has 1 fully saturated rings. The fourth-order valence-corrected chi connectivity index (χ4v) is 2.65. The highest BCUT2D eigenvalue weighted by Crippen LogP contribution is 2.34.